The second kappa shape index (κ2) is 8.19. The van der Waals surface area contributed by atoms with Gasteiger partial charge in [0.05, 0.1) is 10.6 Å². The first-order valence-electron chi connectivity index (χ1n) is 9.14. The minimum absolute atomic E-state index is 0.0278. The lowest BCUT2D eigenvalue weighted by Crippen LogP contribution is -2.35. The molecule has 0 saturated heterocycles. The Bertz CT molecular complexity index is 1110. The smallest absolute Gasteiger partial charge is 0.257 e. The Morgan fingerprint density at radius 1 is 1.10 bits per heavy atom. The van der Waals surface area contributed by atoms with Crippen LogP contribution in [0.15, 0.2) is 47.8 Å². The Hall–Kier alpha value is -2.34. The lowest BCUT2D eigenvalue weighted by atomic mass is 10.0. The number of amides is 2. The quantitative estimate of drug-likeness (QED) is 0.553. The summed E-state index contributed by atoms with van der Waals surface area (Å²) in [7, 11) is 0. The molecule has 0 spiro atoms. The Balaban J connectivity index is 1.56. The number of hydrogen-bond donors (Lipinski definition) is 1. The molecule has 3 aromatic rings. The van der Waals surface area contributed by atoms with Crippen LogP contribution in [0.1, 0.15) is 36.7 Å². The van der Waals surface area contributed by atoms with E-state index in [0.29, 0.717) is 34.9 Å². The maximum absolute atomic E-state index is 13.1. The molecular formula is C22H18Cl2N2O2S. The Kier molecular flexibility index (Phi) is 5.63. The Morgan fingerprint density at radius 2 is 1.93 bits per heavy atom. The number of fused-ring (bicyclic) bond motifs is 1. The molecule has 29 heavy (non-hydrogen) atoms. The van der Waals surface area contributed by atoms with Crippen molar-refractivity contribution in [2.24, 2.45) is 0 Å². The van der Waals surface area contributed by atoms with Gasteiger partial charge in [0.2, 0.25) is 0 Å². The van der Waals surface area contributed by atoms with Crippen molar-refractivity contribution >= 4 is 52.0 Å². The molecule has 2 aromatic carbocycles. The third-order valence-corrected chi connectivity index (χ3v) is 6.65. The fourth-order valence-corrected chi connectivity index (χ4v) is 4.84. The van der Waals surface area contributed by atoms with E-state index < -0.39 is 0 Å². The van der Waals surface area contributed by atoms with E-state index in [0.717, 1.165) is 12.0 Å². The Labute approximate surface area is 183 Å². The van der Waals surface area contributed by atoms with Gasteiger partial charge >= 0.3 is 0 Å². The van der Waals surface area contributed by atoms with E-state index in [2.05, 4.69) is 16.8 Å². The van der Waals surface area contributed by atoms with Crippen LogP contribution < -0.4 is 5.32 Å². The molecule has 1 N–H and O–H groups in total. The third kappa shape index (κ3) is 4.04. The molecule has 7 heteroatoms. The van der Waals surface area contributed by atoms with E-state index in [1.165, 1.54) is 16.5 Å². The normalized spacial score (nSPS) is 13.1. The van der Waals surface area contributed by atoms with E-state index in [-0.39, 0.29) is 16.8 Å². The summed E-state index contributed by atoms with van der Waals surface area (Å²) in [6.45, 7) is 3.16. The van der Waals surface area contributed by atoms with Crippen LogP contribution in [-0.4, -0.2) is 23.3 Å². The van der Waals surface area contributed by atoms with Gasteiger partial charge in [0, 0.05) is 34.2 Å². The molecule has 0 bridgehead atoms. The van der Waals surface area contributed by atoms with E-state index in [1.807, 2.05) is 11.8 Å². The molecule has 0 atom stereocenters. The van der Waals surface area contributed by atoms with Crippen LogP contribution in [0.2, 0.25) is 10.0 Å². The molecule has 1 aliphatic rings. The summed E-state index contributed by atoms with van der Waals surface area (Å²) in [6, 6.07) is 12.2. The van der Waals surface area contributed by atoms with E-state index >= 15 is 0 Å². The Morgan fingerprint density at radius 3 is 2.72 bits per heavy atom. The summed E-state index contributed by atoms with van der Waals surface area (Å²) < 4.78 is 0. The standard InChI is InChI=1S/C22H18Cl2N2O2S/c1-13-16(22(28)26-9-7-20-14(12-26)8-10-29-20)3-2-4-19(13)25-21(27)17-6-5-15(23)11-18(17)24/h2-6,8,10-11H,7,9,12H2,1H3,(H,25,27). The number of nitrogens with zero attached hydrogens (tertiary/aromatic N) is 1. The molecule has 2 heterocycles. The zero-order chi connectivity index (χ0) is 20.5. The maximum Gasteiger partial charge on any atom is 0.257 e. The summed E-state index contributed by atoms with van der Waals surface area (Å²) in [5, 5.41) is 5.67. The first-order valence-corrected chi connectivity index (χ1v) is 10.8. The van der Waals surface area contributed by atoms with Gasteiger partial charge in [-0.2, -0.15) is 0 Å². The first kappa shape index (κ1) is 20.0. The van der Waals surface area contributed by atoms with Crippen LogP contribution in [0.4, 0.5) is 5.69 Å². The van der Waals surface area contributed by atoms with Crippen molar-refractivity contribution < 1.29 is 9.59 Å². The zero-order valence-corrected chi connectivity index (χ0v) is 18.0. The van der Waals surface area contributed by atoms with Gasteiger partial charge in [-0.05, 0) is 66.2 Å². The highest BCUT2D eigenvalue weighted by molar-refractivity contribution is 7.10. The number of carbonyl (C=O) groups is 2. The van der Waals surface area contributed by atoms with Crippen LogP contribution >= 0.6 is 34.5 Å². The zero-order valence-electron chi connectivity index (χ0n) is 15.7. The van der Waals surface area contributed by atoms with Crippen LogP contribution in [0.25, 0.3) is 0 Å². The van der Waals surface area contributed by atoms with E-state index in [9.17, 15) is 9.59 Å². The van der Waals surface area contributed by atoms with Crippen molar-refractivity contribution in [3.05, 3.63) is 85.0 Å². The molecule has 4 rings (SSSR count). The van der Waals surface area contributed by atoms with Crippen molar-refractivity contribution in [1.82, 2.24) is 4.90 Å². The number of halogens is 2. The van der Waals surface area contributed by atoms with E-state index in [1.54, 1.807) is 41.7 Å². The molecule has 0 radical (unpaired) electrons. The predicted molar refractivity (Wildman–Crippen MR) is 118 cm³/mol. The lowest BCUT2D eigenvalue weighted by molar-refractivity contribution is 0.0735. The molecule has 2 amide bonds. The van der Waals surface area contributed by atoms with Crippen molar-refractivity contribution in [1.29, 1.82) is 0 Å². The lowest BCUT2D eigenvalue weighted by Gasteiger charge is -2.28. The average Bonchev–Trinajstić information content (AvgIpc) is 3.16. The highest BCUT2D eigenvalue weighted by Gasteiger charge is 2.24. The van der Waals surface area contributed by atoms with Gasteiger partial charge in [0.25, 0.3) is 11.8 Å². The molecule has 0 saturated carbocycles. The van der Waals surface area contributed by atoms with Gasteiger partial charge in [-0.15, -0.1) is 11.3 Å². The number of carbonyl (C=O) groups excluding carboxylic acids is 2. The maximum atomic E-state index is 13.1. The number of benzene rings is 2. The van der Waals surface area contributed by atoms with E-state index in [4.69, 9.17) is 23.2 Å². The minimum atomic E-state index is -0.347. The highest BCUT2D eigenvalue weighted by Crippen LogP contribution is 2.28. The van der Waals surface area contributed by atoms with Gasteiger partial charge in [-0.1, -0.05) is 29.3 Å². The van der Waals surface area contributed by atoms with Crippen LogP contribution in [0, 0.1) is 6.92 Å². The summed E-state index contributed by atoms with van der Waals surface area (Å²) >= 11 is 13.8. The molecular weight excluding hydrogens is 427 g/mol. The molecule has 1 aromatic heterocycles. The van der Waals surface area contributed by atoms with Crippen molar-refractivity contribution in [2.75, 3.05) is 11.9 Å². The van der Waals surface area contributed by atoms with Crippen molar-refractivity contribution in [3.63, 3.8) is 0 Å². The second-order valence-corrected chi connectivity index (χ2v) is 8.75. The summed E-state index contributed by atoms with van der Waals surface area (Å²) in [5.74, 6) is -0.375. The fraction of sp³-hybridized carbons (Fsp3) is 0.182. The van der Waals surface area contributed by atoms with Gasteiger partial charge in [-0.25, -0.2) is 0 Å². The minimum Gasteiger partial charge on any atom is -0.334 e. The largest absolute Gasteiger partial charge is 0.334 e. The third-order valence-electron chi connectivity index (χ3n) is 5.08. The van der Waals surface area contributed by atoms with Crippen LogP contribution in [0.5, 0.6) is 0 Å². The van der Waals surface area contributed by atoms with Crippen molar-refractivity contribution in [2.45, 2.75) is 19.9 Å². The summed E-state index contributed by atoms with van der Waals surface area (Å²) in [5.41, 5.74) is 3.44. The molecule has 0 fully saturated rings. The topological polar surface area (TPSA) is 49.4 Å². The van der Waals surface area contributed by atoms with Gasteiger partial charge in [0.15, 0.2) is 0 Å². The van der Waals surface area contributed by atoms with Gasteiger partial charge in [-0.3, -0.25) is 9.59 Å². The monoisotopic (exact) mass is 444 g/mol. The fourth-order valence-electron chi connectivity index (χ4n) is 3.46. The average molecular weight is 445 g/mol. The second-order valence-electron chi connectivity index (χ2n) is 6.90. The first-order chi connectivity index (χ1) is 13.9. The van der Waals surface area contributed by atoms with Gasteiger partial charge < -0.3 is 10.2 Å². The summed E-state index contributed by atoms with van der Waals surface area (Å²) in [6.07, 6.45) is 0.878. The van der Waals surface area contributed by atoms with Crippen LogP contribution in [0.3, 0.4) is 0 Å². The molecule has 1 aliphatic heterocycles. The number of nitrogens with one attached hydrogen (secondary N) is 1. The molecule has 0 unspecified atom stereocenters. The number of hydrogen-bond acceptors (Lipinski definition) is 3. The number of rotatable bonds is 3. The molecule has 148 valence electrons. The SMILES string of the molecule is Cc1c(NC(=O)c2ccc(Cl)cc2Cl)cccc1C(=O)N1CCc2sccc2C1. The van der Waals surface area contributed by atoms with Crippen molar-refractivity contribution in [3.8, 4) is 0 Å². The molecule has 0 aliphatic carbocycles. The predicted octanol–water partition coefficient (Wildman–Crippen LogP) is 5.81. The van der Waals surface area contributed by atoms with Gasteiger partial charge in [0.1, 0.15) is 0 Å². The van der Waals surface area contributed by atoms with Crippen LogP contribution in [-0.2, 0) is 13.0 Å². The molecule has 4 nitrogen and oxygen atoms in total. The summed E-state index contributed by atoms with van der Waals surface area (Å²) in [4.78, 5) is 29.0. The number of anilines is 1. The number of thiophene rings is 1. The highest BCUT2D eigenvalue weighted by atomic mass is 35.5.